The Bertz CT molecular complexity index is 2120. The van der Waals surface area contributed by atoms with Gasteiger partial charge in [-0.05, 0) is 82.6 Å². The molecule has 10 heteroatoms. The molecule has 0 bridgehead atoms. The zero-order valence-corrected chi connectivity index (χ0v) is 30.2. The van der Waals surface area contributed by atoms with Crippen molar-refractivity contribution in [1.82, 2.24) is 10.2 Å². The number of nitrogens with one attached hydrogen (secondary N) is 1. The molecule has 2 amide bonds. The average Bonchev–Trinajstić information content (AvgIpc) is 3.17. The highest BCUT2D eigenvalue weighted by molar-refractivity contribution is 6.30. The summed E-state index contributed by atoms with van der Waals surface area (Å²) in [6, 6.07) is 33.4. The van der Waals surface area contributed by atoms with Crippen LogP contribution in [0.1, 0.15) is 53.3 Å². The van der Waals surface area contributed by atoms with E-state index in [-0.39, 0.29) is 30.0 Å². The molecule has 5 aromatic rings. The Morgan fingerprint density at radius 1 is 0.906 bits per heavy atom. The molecule has 0 saturated heterocycles. The van der Waals surface area contributed by atoms with Gasteiger partial charge in [0.1, 0.15) is 17.5 Å². The molecule has 270 valence electrons. The Hall–Kier alpha value is -5.64. The zero-order chi connectivity index (χ0) is 37.2. The standard InChI is InChI=1S/C43H40ClN3O6/c1-3-36(29-7-5-4-6-8-29)47-25-32-24-39-37(46(2)42(50)40(53-39)30-15-19-34(48)20-16-30)22-31(32)23-38(47)41(49)45-35(43(51)52)21-26-9-11-27(12-10-26)28-13-17-33(44)18-14-28/h4-20,22,24,35-36,38,40,48H,3,21,23,25H2,1-2H3,(H,45,49)(H,51,52)/t35-,36-,38-,40-/m0/s1. The molecule has 3 N–H and O–H groups in total. The molecule has 4 atom stereocenters. The van der Waals surface area contributed by atoms with Crippen LogP contribution in [0.4, 0.5) is 5.69 Å². The summed E-state index contributed by atoms with van der Waals surface area (Å²) in [6.45, 7) is 2.48. The van der Waals surface area contributed by atoms with Crippen molar-refractivity contribution >= 4 is 35.1 Å². The molecule has 0 saturated carbocycles. The summed E-state index contributed by atoms with van der Waals surface area (Å²) in [5.74, 6) is -1.10. The number of hydrogen-bond donors (Lipinski definition) is 3. The third-order valence-electron chi connectivity index (χ3n) is 10.3. The molecule has 0 unspecified atom stereocenters. The minimum Gasteiger partial charge on any atom is -0.508 e. The number of benzene rings is 5. The number of fused-ring (bicyclic) bond motifs is 2. The largest absolute Gasteiger partial charge is 0.508 e. The Balaban J connectivity index is 1.17. The molecule has 53 heavy (non-hydrogen) atoms. The summed E-state index contributed by atoms with van der Waals surface area (Å²) in [7, 11) is 1.70. The number of carboxylic acids is 1. The summed E-state index contributed by atoms with van der Waals surface area (Å²) in [4.78, 5) is 44.1. The van der Waals surface area contributed by atoms with E-state index in [9.17, 15) is 24.6 Å². The van der Waals surface area contributed by atoms with Gasteiger partial charge in [0.15, 0.2) is 0 Å². The van der Waals surface area contributed by atoms with Crippen molar-refractivity contribution in [3.63, 3.8) is 0 Å². The fourth-order valence-electron chi connectivity index (χ4n) is 7.40. The Labute approximate surface area is 313 Å². The van der Waals surface area contributed by atoms with E-state index < -0.39 is 24.2 Å². The number of ether oxygens (including phenoxy) is 1. The van der Waals surface area contributed by atoms with Gasteiger partial charge < -0.3 is 25.2 Å². The second-order valence-corrected chi connectivity index (χ2v) is 14.0. The SMILES string of the molecule is CC[C@@H](c1ccccc1)N1Cc2cc3c(cc2C[C@H]1C(=O)N[C@@H](Cc1ccc(-c2ccc(Cl)cc2)cc1)C(=O)O)N(C)C(=O)[C@H](c1ccc(O)cc1)O3. The number of anilines is 1. The molecule has 9 nitrogen and oxygen atoms in total. The van der Waals surface area contributed by atoms with Crippen molar-refractivity contribution in [1.29, 1.82) is 0 Å². The second-order valence-electron chi connectivity index (χ2n) is 13.6. The summed E-state index contributed by atoms with van der Waals surface area (Å²) in [5.41, 5.74) is 6.87. The molecule has 2 aliphatic rings. The lowest BCUT2D eigenvalue weighted by molar-refractivity contribution is -0.143. The van der Waals surface area contributed by atoms with Crippen molar-refractivity contribution in [3.05, 3.63) is 148 Å². The van der Waals surface area contributed by atoms with Crippen LogP contribution in [-0.2, 0) is 33.8 Å². The number of carbonyl (C=O) groups excluding carboxylic acids is 2. The van der Waals surface area contributed by atoms with Gasteiger partial charge in [0.2, 0.25) is 12.0 Å². The van der Waals surface area contributed by atoms with E-state index in [0.29, 0.717) is 41.4 Å². The topological polar surface area (TPSA) is 119 Å². The third-order valence-corrected chi connectivity index (χ3v) is 10.5. The number of rotatable bonds is 10. The van der Waals surface area contributed by atoms with Gasteiger partial charge in [0.25, 0.3) is 5.91 Å². The molecule has 0 aromatic heterocycles. The lowest BCUT2D eigenvalue weighted by Crippen LogP contribution is -2.55. The number of aromatic hydroxyl groups is 1. The molecule has 0 spiro atoms. The number of likely N-dealkylation sites (N-methyl/N-ethyl adjacent to an activating group) is 1. The van der Waals surface area contributed by atoms with Crippen LogP contribution in [0.3, 0.4) is 0 Å². The van der Waals surface area contributed by atoms with Crippen LogP contribution in [0, 0.1) is 0 Å². The molecular formula is C43H40ClN3O6. The van der Waals surface area contributed by atoms with Crippen molar-refractivity contribution in [2.24, 2.45) is 0 Å². The molecular weight excluding hydrogens is 690 g/mol. The highest BCUT2D eigenvalue weighted by Crippen LogP contribution is 2.43. The minimum absolute atomic E-state index is 0.0981. The van der Waals surface area contributed by atoms with Crippen LogP contribution >= 0.6 is 11.6 Å². The van der Waals surface area contributed by atoms with Gasteiger partial charge in [0, 0.05) is 36.6 Å². The molecule has 7 rings (SSSR count). The second kappa shape index (κ2) is 15.1. The summed E-state index contributed by atoms with van der Waals surface area (Å²) >= 11 is 6.05. The molecule has 2 heterocycles. The van der Waals surface area contributed by atoms with E-state index in [1.54, 1.807) is 24.1 Å². The van der Waals surface area contributed by atoms with Crippen LogP contribution in [0.5, 0.6) is 11.5 Å². The molecule has 5 aromatic carbocycles. The van der Waals surface area contributed by atoms with Crippen molar-refractivity contribution in [3.8, 4) is 22.6 Å². The fraction of sp³-hybridized carbons (Fsp3) is 0.233. The number of halogens is 1. The summed E-state index contributed by atoms with van der Waals surface area (Å²) < 4.78 is 6.32. The number of phenols is 1. The molecule has 2 aliphatic heterocycles. The first-order chi connectivity index (χ1) is 25.6. The molecule has 0 fully saturated rings. The average molecular weight is 730 g/mol. The van der Waals surface area contributed by atoms with Gasteiger partial charge in [0.05, 0.1) is 11.7 Å². The van der Waals surface area contributed by atoms with Crippen LogP contribution in [-0.4, -0.2) is 52.0 Å². The molecule has 0 radical (unpaired) electrons. The molecule has 0 aliphatic carbocycles. The maximum atomic E-state index is 14.3. The Morgan fingerprint density at radius 2 is 1.57 bits per heavy atom. The lowest BCUT2D eigenvalue weighted by Gasteiger charge is -2.42. The number of nitrogens with zero attached hydrogens (tertiary/aromatic N) is 2. The van der Waals surface area contributed by atoms with E-state index in [0.717, 1.165) is 33.4 Å². The van der Waals surface area contributed by atoms with E-state index in [2.05, 4.69) is 17.1 Å². The smallest absolute Gasteiger partial charge is 0.326 e. The van der Waals surface area contributed by atoms with Crippen molar-refractivity contribution in [2.45, 2.75) is 57.0 Å². The number of amides is 2. The number of hydrogen-bond acceptors (Lipinski definition) is 6. The number of carbonyl (C=O) groups is 3. The normalized spacial score (nSPS) is 17.9. The van der Waals surface area contributed by atoms with Crippen LogP contribution < -0.4 is 15.0 Å². The monoisotopic (exact) mass is 729 g/mol. The minimum atomic E-state index is -1.15. The van der Waals surface area contributed by atoms with Gasteiger partial charge in [-0.1, -0.05) is 97.4 Å². The predicted molar refractivity (Wildman–Crippen MR) is 204 cm³/mol. The van der Waals surface area contributed by atoms with Gasteiger partial charge >= 0.3 is 5.97 Å². The van der Waals surface area contributed by atoms with E-state index in [1.165, 1.54) is 12.1 Å². The van der Waals surface area contributed by atoms with Gasteiger partial charge in [-0.15, -0.1) is 0 Å². The van der Waals surface area contributed by atoms with Crippen molar-refractivity contribution in [2.75, 3.05) is 11.9 Å². The Morgan fingerprint density at radius 3 is 2.21 bits per heavy atom. The summed E-state index contributed by atoms with van der Waals surface area (Å²) in [6.07, 6.45) is 0.260. The number of aliphatic carboxylic acids is 1. The number of carboxylic acid groups (broad SMARTS) is 1. The quantitative estimate of drug-likeness (QED) is 0.136. The first-order valence-corrected chi connectivity index (χ1v) is 18.0. The van der Waals surface area contributed by atoms with Crippen LogP contribution in [0.15, 0.2) is 115 Å². The van der Waals surface area contributed by atoms with Crippen LogP contribution in [0.2, 0.25) is 5.02 Å². The summed E-state index contributed by atoms with van der Waals surface area (Å²) in [5, 5.41) is 23.6. The zero-order valence-electron chi connectivity index (χ0n) is 29.4. The van der Waals surface area contributed by atoms with E-state index >= 15 is 0 Å². The van der Waals surface area contributed by atoms with Gasteiger partial charge in [-0.25, -0.2) is 4.79 Å². The lowest BCUT2D eigenvalue weighted by atomic mass is 9.88. The Kier molecular flexibility index (Phi) is 10.2. The van der Waals surface area contributed by atoms with E-state index in [1.807, 2.05) is 91.0 Å². The highest BCUT2D eigenvalue weighted by atomic mass is 35.5. The van der Waals surface area contributed by atoms with Gasteiger partial charge in [-0.3, -0.25) is 14.5 Å². The fourth-order valence-corrected chi connectivity index (χ4v) is 7.52. The maximum Gasteiger partial charge on any atom is 0.326 e. The predicted octanol–water partition coefficient (Wildman–Crippen LogP) is 7.50. The highest BCUT2D eigenvalue weighted by Gasteiger charge is 2.40. The van der Waals surface area contributed by atoms with Crippen molar-refractivity contribution < 1.29 is 29.3 Å². The maximum absolute atomic E-state index is 14.3. The first kappa shape index (κ1) is 35.7. The van der Waals surface area contributed by atoms with Crippen LogP contribution in [0.25, 0.3) is 11.1 Å². The van der Waals surface area contributed by atoms with E-state index in [4.69, 9.17) is 16.3 Å². The third kappa shape index (κ3) is 7.49. The first-order valence-electron chi connectivity index (χ1n) is 17.7. The van der Waals surface area contributed by atoms with Gasteiger partial charge in [-0.2, -0.15) is 0 Å². The number of phenolic OH excluding ortho intramolecular Hbond substituents is 1.